The number of nitrogens with two attached hydrogens (primary N) is 2. The summed E-state index contributed by atoms with van der Waals surface area (Å²) >= 11 is 0. The zero-order valence-corrected chi connectivity index (χ0v) is 8.34. The summed E-state index contributed by atoms with van der Waals surface area (Å²) in [6.07, 6.45) is 2.17. The maximum atomic E-state index is 10.8. The van der Waals surface area contributed by atoms with Gasteiger partial charge >= 0.3 is 5.97 Å². The lowest BCUT2D eigenvalue weighted by Crippen LogP contribution is -2.46. The van der Waals surface area contributed by atoms with Crippen molar-refractivity contribution >= 4 is 5.97 Å². The average Bonchev–Trinajstić information content (AvgIpc) is 2.40. The third-order valence-corrected chi connectivity index (χ3v) is 2.42. The third kappa shape index (κ3) is 1.66. The molecule has 5 N–H and O–H groups in total. The highest BCUT2D eigenvalue weighted by Gasteiger charge is 2.32. The molecule has 0 saturated carbocycles. The lowest BCUT2D eigenvalue weighted by molar-refractivity contribution is -0.140. The van der Waals surface area contributed by atoms with Crippen LogP contribution in [0.5, 0.6) is 0 Å². The number of carboxylic acids is 1. The van der Waals surface area contributed by atoms with E-state index in [1.807, 2.05) is 6.92 Å². The van der Waals surface area contributed by atoms with Crippen LogP contribution in [0.25, 0.3) is 0 Å². The summed E-state index contributed by atoms with van der Waals surface area (Å²) in [5, 5.41) is 11.7. The quantitative estimate of drug-likeness (QED) is 0.539. The number of carbonyl (C=O) groups is 1. The zero-order chi connectivity index (χ0) is 10.9. The Labute approximate surface area is 82.7 Å². The van der Waals surface area contributed by atoms with Crippen LogP contribution in [0.15, 0.2) is 11.9 Å². The van der Waals surface area contributed by atoms with E-state index in [4.69, 9.17) is 16.8 Å². The van der Waals surface area contributed by atoms with Gasteiger partial charge in [-0.1, -0.05) is 6.92 Å². The van der Waals surface area contributed by atoms with Gasteiger partial charge in [-0.2, -0.15) is 0 Å². The Hall–Kier alpha value is -1.27. The number of rotatable bonds is 3. The summed E-state index contributed by atoms with van der Waals surface area (Å²) in [7, 11) is 0. The van der Waals surface area contributed by atoms with Crippen molar-refractivity contribution in [2.45, 2.75) is 26.4 Å². The van der Waals surface area contributed by atoms with Gasteiger partial charge in [0, 0.05) is 6.20 Å². The Kier molecular flexibility index (Phi) is 2.97. The number of hydrazine groups is 2. The van der Waals surface area contributed by atoms with Gasteiger partial charge < -0.3 is 5.11 Å². The summed E-state index contributed by atoms with van der Waals surface area (Å²) in [5.41, 5.74) is 0.534. The van der Waals surface area contributed by atoms with Gasteiger partial charge in [0.1, 0.15) is 6.17 Å². The van der Waals surface area contributed by atoms with Gasteiger partial charge in [-0.25, -0.2) is 11.7 Å². The molecule has 1 heterocycles. The van der Waals surface area contributed by atoms with Gasteiger partial charge in [0.2, 0.25) is 0 Å². The predicted octanol–water partition coefficient (Wildman–Crippen LogP) is -0.350. The molecule has 6 heteroatoms. The Morgan fingerprint density at radius 3 is 2.64 bits per heavy atom. The first-order valence-corrected chi connectivity index (χ1v) is 4.50. The minimum atomic E-state index is -0.906. The van der Waals surface area contributed by atoms with E-state index < -0.39 is 11.9 Å². The van der Waals surface area contributed by atoms with Gasteiger partial charge in [0.15, 0.2) is 0 Å². The molecule has 1 aliphatic rings. The van der Waals surface area contributed by atoms with Crippen molar-refractivity contribution in [3.63, 3.8) is 0 Å². The van der Waals surface area contributed by atoms with Gasteiger partial charge in [-0.3, -0.25) is 14.8 Å². The molecule has 0 bridgehead atoms. The van der Waals surface area contributed by atoms with E-state index in [0.29, 0.717) is 5.70 Å². The van der Waals surface area contributed by atoms with Crippen molar-refractivity contribution in [1.82, 2.24) is 10.0 Å². The highest BCUT2D eigenvalue weighted by molar-refractivity contribution is 5.73. The van der Waals surface area contributed by atoms with Crippen LogP contribution >= 0.6 is 0 Å². The van der Waals surface area contributed by atoms with E-state index in [1.54, 1.807) is 13.1 Å². The van der Waals surface area contributed by atoms with Gasteiger partial charge in [0.25, 0.3) is 0 Å². The fourth-order valence-electron chi connectivity index (χ4n) is 1.49. The lowest BCUT2D eigenvalue weighted by atomic mass is 10.1. The second-order valence-electron chi connectivity index (χ2n) is 3.36. The normalized spacial score (nSPS) is 23.7. The van der Waals surface area contributed by atoms with E-state index >= 15 is 0 Å². The van der Waals surface area contributed by atoms with E-state index in [2.05, 4.69) is 0 Å². The van der Waals surface area contributed by atoms with Gasteiger partial charge in [-0.15, -0.1) is 0 Å². The largest absolute Gasteiger partial charge is 0.481 e. The van der Waals surface area contributed by atoms with Crippen molar-refractivity contribution in [3.05, 3.63) is 11.9 Å². The molecule has 2 unspecified atom stereocenters. The molecule has 0 fully saturated rings. The number of nitrogens with zero attached hydrogens (tertiary/aromatic N) is 2. The molecule has 2 atom stereocenters. The molecule has 1 aliphatic heterocycles. The van der Waals surface area contributed by atoms with Crippen molar-refractivity contribution in [3.8, 4) is 0 Å². The molecular weight excluding hydrogens is 184 g/mol. The fourth-order valence-corrected chi connectivity index (χ4v) is 1.49. The maximum absolute atomic E-state index is 10.8. The summed E-state index contributed by atoms with van der Waals surface area (Å²) in [6, 6.07) is 0. The van der Waals surface area contributed by atoms with Crippen LogP contribution in [0, 0.1) is 5.92 Å². The van der Waals surface area contributed by atoms with E-state index in [0.717, 1.165) is 6.42 Å². The smallest absolute Gasteiger partial charge is 0.312 e. The lowest BCUT2D eigenvalue weighted by Gasteiger charge is -2.27. The van der Waals surface area contributed by atoms with Crippen LogP contribution in [0.1, 0.15) is 20.3 Å². The van der Waals surface area contributed by atoms with Gasteiger partial charge in [0.05, 0.1) is 11.6 Å². The standard InChI is InChI=1S/C8H16N4O2/c1-3-7-11(9)4-6(12(7)10)5(2)8(13)14/h4-5,7H,3,9-10H2,1-2H3,(H,13,14). The third-order valence-electron chi connectivity index (χ3n) is 2.42. The van der Waals surface area contributed by atoms with Crippen LogP contribution in [0.2, 0.25) is 0 Å². The summed E-state index contributed by atoms with van der Waals surface area (Å²) in [5.74, 6) is 9.85. The van der Waals surface area contributed by atoms with E-state index in [9.17, 15) is 4.79 Å². The molecule has 0 aliphatic carbocycles. The highest BCUT2D eigenvalue weighted by atomic mass is 16.4. The predicted molar refractivity (Wildman–Crippen MR) is 51.0 cm³/mol. The van der Waals surface area contributed by atoms with Crippen molar-refractivity contribution in [1.29, 1.82) is 0 Å². The van der Waals surface area contributed by atoms with E-state index in [1.165, 1.54) is 10.0 Å². The fraction of sp³-hybridized carbons (Fsp3) is 0.625. The van der Waals surface area contributed by atoms with Crippen LogP contribution in [-0.2, 0) is 4.79 Å². The number of aliphatic carboxylic acids is 1. The molecule has 0 saturated heterocycles. The minimum absolute atomic E-state index is 0.146. The summed E-state index contributed by atoms with van der Waals surface area (Å²) in [4.78, 5) is 10.8. The molecule has 0 radical (unpaired) electrons. The topological polar surface area (TPSA) is 95.8 Å². The minimum Gasteiger partial charge on any atom is -0.481 e. The Morgan fingerprint density at radius 1 is 1.71 bits per heavy atom. The number of hydrogen-bond acceptors (Lipinski definition) is 5. The Bertz CT molecular complexity index is 266. The molecule has 0 aromatic rings. The van der Waals surface area contributed by atoms with Crippen LogP contribution in [0.4, 0.5) is 0 Å². The van der Waals surface area contributed by atoms with Crippen molar-refractivity contribution in [2.24, 2.45) is 17.6 Å². The Balaban J connectivity index is 2.82. The molecule has 14 heavy (non-hydrogen) atoms. The summed E-state index contributed by atoms with van der Waals surface area (Å²) < 4.78 is 0. The molecule has 0 spiro atoms. The van der Waals surface area contributed by atoms with Crippen LogP contribution < -0.4 is 11.7 Å². The molecule has 80 valence electrons. The molecular formula is C8H16N4O2. The molecule has 0 aromatic carbocycles. The molecule has 0 amide bonds. The second-order valence-corrected chi connectivity index (χ2v) is 3.36. The van der Waals surface area contributed by atoms with Crippen LogP contribution in [-0.4, -0.2) is 27.3 Å². The van der Waals surface area contributed by atoms with Crippen LogP contribution in [0.3, 0.4) is 0 Å². The summed E-state index contributed by atoms with van der Waals surface area (Å²) in [6.45, 7) is 3.52. The number of carboxylic acid groups (broad SMARTS) is 1. The molecule has 6 nitrogen and oxygen atoms in total. The molecule has 1 rings (SSSR count). The first-order chi connectivity index (χ1) is 6.49. The first kappa shape index (κ1) is 10.8. The van der Waals surface area contributed by atoms with E-state index in [-0.39, 0.29) is 6.17 Å². The first-order valence-electron chi connectivity index (χ1n) is 4.50. The SMILES string of the molecule is CCC1N(N)C=C(C(C)C(=O)O)N1N. The van der Waals surface area contributed by atoms with Gasteiger partial charge in [-0.05, 0) is 13.3 Å². The monoisotopic (exact) mass is 200 g/mol. The van der Waals surface area contributed by atoms with Crippen molar-refractivity contribution < 1.29 is 9.90 Å². The maximum Gasteiger partial charge on any atom is 0.312 e. The second kappa shape index (κ2) is 3.85. The zero-order valence-electron chi connectivity index (χ0n) is 8.34. The van der Waals surface area contributed by atoms with Crippen molar-refractivity contribution in [2.75, 3.05) is 0 Å². The molecule has 0 aromatic heterocycles. The number of hydrogen-bond donors (Lipinski definition) is 3. The Morgan fingerprint density at radius 2 is 2.29 bits per heavy atom. The highest BCUT2D eigenvalue weighted by Crippen LogP contribution is 2.24. The average molecular weight is 200 g/mol.